The third-order valence-electron chi connectivity index (χ3n) is 3.73. The fourth-order valence-electron chi connectivity index (χ4n) is 2.39. The molecular formula is C20H24FN3O2. The van der Waals surface area contributed by atoms with Gasteiger partial charge in [-0.05, 0) is 48.9 Å². The summed E-state index contributed by atoms with van der Waals surface area (Å²) < 4.78 is 12.9. The normalized spacial score (nSPS) is 10.2. The Kier molecular flexibility index (Phi) is 7.61. The van der Waals surface area contributed by atoms with Gasteiger partial charge < -0.3 is 16.0 Å². The van der Waals surface area contributed by atoms with Crippen LogP contribution in [0.3, 0.4) is 0 Å². The zero-order valence-corrected chi connectivity index (χ0v) is 14.8. The van der Waals surface area contributed by atoms with Crippen LogP contribution in [-0.2, 0) is 9.59 Å². The first-order chi connectivity index (χ1) is 12.6. The molecule has 5 nitrogen and oxygen atoms in total. The molecule has 2 amide bonds. The van der Waals surface area contributed by atoms with Crippen molar-refractivity contribution in [2.75, 3.05) is 22.5 Å². The predicted octanol–water partition coefficient (Wildman–Crippen LogP) is 4.40. The van der Waals surface area contributed by atoms with Gasteiger partial charge in [-0.3, -0.25) is 9.59 Å². The molecule has 0 radical (unpaired) electrons. The molecule has 138 valence electrons. The molecule has 0 aromatic heterocycles. The number of nitrogens with one attached hydrogen (secondary N) is 3. The van der Waals surface area contributed by atoms with E-state index >= 15 is 0 Å². The molecule has 0 heterocycles. The van der Waals surface area contributed by atoms with Gasteiger partial charge >= 0.3 is 0 Å². The highest BCUT2D eigenvalue weighted by molar-refractivity contribution is 5.94. The van der Waals surface area contributed by atoms with Crippen LogP contribution in [-0.4, -0.2) is 18.4 Å². The lowest BCUT2D eigenvalue weighted by Gasteiger charge is -2.10. The van der Waals surface area contributed by atoms with Gasteiger partial charge in [0.25, 0.3) is 0 Å². The van der Waals surface area contributed by atoms with E-state index in [0.29, 0.717) is 17.8 Å². The number of halogens is 1. The second-order valence-electron chi connectivity index (χ2n) is 5.99. The van der Waals surface area contributed by atoms with Gasteiger partial charge in [0.1, 0.15) is 5.82 Å². The molecule has 2 rings (SSSR count). The van der Waals surface area contributed by atoms with Gasteiger partial charge in [-0.2, -0.15) is 0 Å². The van der Waals surface area contributed by atoms with E-state index in [1.807, 2.05) is 18.2 Å². The van der Waals surface area contributed by atoms with Crippen LogP contribution in [0.2, 0.25) is 0 Å². The van der Waals surface area contributed by atoms with Gasteiger partial charge in [0.15, 0.2) is 0 Å². The molecular weight excluding hydrogens is 333 g/mol. The Morgan fingerprint density at radius 3 is 2.31 bits per heavy atom. The fraction of sp³-hybridized carbons (Fsp3) is 0.300. The van der Waals surface area contributed by atoms with Gasteiger partial charge in [-0.25, -0.2) is 4.39 Å². The first-order valence-corrected chi connectivity index (χ1v) is 8.76. The van der Waals surface area contributed by atoms with Crippen molar-refractivity contribution < 1.29 is 14.0 Å². The number of carbonyl (C=O) groups is 2. The summed E-state index contributed by atoms with van der Waals surface area (Å²) in [4.78, 5) is 23.8. The van der Waals surface area contributed by atoms with Crippen LogP contribution in [0.15, 0.2) is 48.5 Å². The number of anilines is 3. The highest BCUT2D eigenvalue weighted by Gasteiger charge is 2.05. The Balaban J connectivity index is 1.81. The monoisotopic (exact) mass is 357 g/mol. The van der Waals surface area contributed by atoms with Crippen molar-refractivity contribution in [2.24, 2.45) is 0 Å². The van der Waals surface area contributed by atoms with Crippen molar-refractivity contribution in [3.63, 3.8) is 0 Å². The topological polar surface area (TPSA) is 70.2 Å². The van der Waals surface area contributed by atoms with Crippen LogP contribution >= 0.6 is 0 Å². The van der Waals surface area contributed by atoms with Crippen molar-refractivity contribution >= 4 is 28.9 Å². The summed E-state index contributed by atoms with van der Waals surface area (Å²) in [7, 11) is 0. The van der Waals surface area contributed by atoms with E-state index in [2.05, 4.69) is 22.9 Å². The SMILES string of the molecule is CCCCCC(=O)Nc1cccc(NCC(=O)Nc2ccc(F)cc2)c1. The number of unbranched alkanes of at least 4 members (excludes halogenated alkanes) is 2. The van der Waals surface area contributed by atoms with Gasteiger partial charge in [0, 0.05) is 23.5 Å². The number of hydrogen-bond donors (Lipinski definition) is 3. The Labute approximate surface area is 153 Å². The smallest absolute Gasteiger partial charge is 0.243 e. The molecule has 2 aromatic carbocycles. The number of rotatable bonds is 9. The van der Waals surface area contributed by atoms with Crippen molar-refractivity contribution in [3.8, 4) is 0 Å². The number of hydrogen-bond acceptors (Lipinski definition) is 3. The largest absolute Gasteiger partial charge is 0.376 e. The van der Waals surface area contributed by atoms with Gasteiger partial charge in [0.05, 0.1) is 6.54 Å². The van der Waals surface area contributed by atoms with Crippen LogP contribution in [0.5, 0.6) is 0 Å². The van der Waals surface area contributed by atoms with E-state index in [1.165, 1.54) is 24.3 Å². The van der Waals surface area contributed by atoms with Crippen molar-refractivity contribution in [2.45, 2.75) is 32.6 Å². The highest BCUT2D eigenvalue weighted by Crippen LogP contribution is 2.16. The van der Waals surface area contributed by atoms with E-state index in [0.717, 1.165) is 24.9 Å². The van der Waals surface area contributed by atoms with Crippen LogP contribution < -0.4 is 16.0 Å². The minimum Gasteiger partial charge on any atom is -0.376 e. The van der Waals surface area contributed by atoms with E-state index in [9.17, 15) is 14.0 Å². The molecule has 2 aromatic rings. The zero-order chi connectivity index (χ0) is 18.8. The minimum absolute atomic E-state index is 0.00958. The van der Waals surface area contributed by atoms with Crippen molar-refractivity contribution in [3.05, 3.63) is 54.3 Å². The lowest BCUT2D eigenvalue weighted by atomic mass is 10.2. The summed E-state index contributed by atoms with van der Waals surface area (Å²) >= 11 is 0. The fourth-order valence-corrected chi connectivity index (χ4v) is 2.39. The quantitative estimate of drug-likeness (QED) is 0.583. The summed E-state index contributed by atoms with van der Waals surface area (Å²) in [5.74, 6) is -0.607. The van der Waals surface area contributed by atoms with Crippen LogP contribution in [0.1, 0.15) is 32.6 Å². The molecule has 3 N–H and O–H groups in total. The molecule has 0 fully saturated rings. The molecule has 0 bridgehead atoms. The highest BCUT2D eigenvalue weighted by atomic mass is 19.1. The maximum atomic E-state index is 12.9. The molecule has 0 saturated carbocycles. The van der Waals surface area contributed by atoms with E-state index in [4.69, 9.17) is 0 Å². The van der Waals surface area contributed by atoms with E-state index < -0.39 is 0 Å². The van der Waals surface area contributed by atoms with Crippen molar-refractivity contribution in [1.82, 2.24) is 0 Å². The van der Waals surface area contributed by atoms with E-state index in [1.54, 1.807) is 6.07 Å². The average Bonchev–Trinajstić information content (AvgIpc) is 2.62. The number of carbonyl (C=O) groups excluding carboxylic acids is 2. The zero-order valence-electron chi connectivity index (χ0n) is 14.8. The first-order valence-electron chi connectivity index (χ1n) is 8.76. The maximum absolute atomic E-state index is 12.9. The van der Waals surface area contributed by atoms with Gasteiger partial charge in [-0.15, -0.1) is 0 Å². The van der Waals surface area contributed by atoms with Gasteiger partial charge in [-0.1, -0.05) is 25.8 Å². The Morgan fingerprint density at radius 1 is 0.885 bits per heavy atom. The molecule has 0 saturated heterocycles. The molecule has 0 aliphatic heterocycles. The summed E-state index contributed by atoms with van der Waals surface area (Å²) in [6.45, 7) is 2.16. The standard InChI is InChI=1S/C20H24FN3O2/c1-2-3-4-8-19(25)24-18-7-5-6-17(13-18)22-14-20(26)23-16-11-9-15(21)10-12-16/h5-7,9-13,22H,2-4,8,14H2,1H3,(H,23,26)(H,24,25). The summed E-state index contributed by atoms with van der Waals surface area (Å²) in [6, 6.07) is 12.8. The molecule has 26 heavy (non-hydrogen) atoms. The lowest BCUT2D eigenvalue weighted by Crippen LogP contribution is -2.21. The molecule has 0 spiro atoms. The first kappa shape index (κ1) is 19.4. The number of benzene rings is 2. The Morgan fingerprint density at radius 2 is 1.58 bits per heavy atom. The van der Waals surface area contributed by atoms with E-state index in [-0.39, 0.29) is 24.2 Å². The molecule has 0 aliphatic carbocycles. The third-order valence-corrected chi connectivity index (χ3v) is 3.73. The second kappa shape index (κ2) is 10.2. The molecule has 0 atom stereocenters. The van der Waals surface area contributed by atoms with Gasteiger partial charge in [0.2, 0.25) is 11.8 Å². The second-order valence-corrected chi connectivity index (χ2v) is 5.99. The number of amides is 2. The van der Waals surface area contributed by atoms with Crippen LogP contribution in [0.4, 0.5) is 21.5 Å². The molecule has 0 aliphatic rings. The third kappa shape index (κ3) is 6.93. The van der Waals surface area contributed by atoms with Crippen molar-refractivity contribution in [1.29, 1.82) is 0 Å². The molecule has 6 heteroatoms. The summed E-state index contributed by atoms with van der Waals surface area (Å²) in [5, 5.41) is 8.54. The van der Waals surface area contributed by atoms with Crippen LogP contribution in [0, 0.1) is 5.82 Å². The minimum atomic E-state index is -0.352. The lowest BCUT2D eigenvalue weighted by molar-refractivity contribution is -0.116. The molecule has 0 unspecified atom stereocenters. The van der Waals surface area contributed by atoms with Crippen LogP contribution in [0.25, 0.3) is 0 Å². The Hall–Kier alpha value is -2.89. The summed E-state index contributed by atoms with van der Waals surface area (Å²) in [5.41, 5.74) is 1.95. The Bertz CT molecular complexity index is 732. The average molecular weight is 357 g/mol. The predicted molar refractivity (Wildman–Crippen MR) is 103 cm³/mol. The maximum Gasteiger partial charge on any atom is 0.243 e. The summed E-state index contributed by atoms with van der Waals surface area (Å²) in [6.07, 6.45) is 3.50.